The number of nitrogens with one attached hydrogen (secondary N) is 1. The maximum Gasteiger partial charge on any atom is 0.573 e. The summed E-state index contributed by atoms with van der Waals surface area (Å²) in [5.41, 5.74) is 5.94. The highest BCUT2D eigenvalue weighted by Gasteiger charge is 2.31. The van der Waals surface area contributed by atoms with Gasteiger partial charge in [0, 0.05) is 11.1 Å². The van der Waals surface area contributed by atoms with Crippen LogP contribution in [0.5, 0.6) is 5.75 Å². The molecule has 0 amide bonds. The highest BCUT2D eigenvalue weighted by molar-refractivity contribution is 14.0. The summed E-state index contributed by atoms with van der Waals surface area (Å²) in [4.78, 5) is 4.20. The summed E-state index contributed by atoms with van der Waals surface area (Å²) < 4.78 is 40.0. The Kier molecular flexibility index (Phi) is 9.41. The summed E-state index contributed by atoms with van der Waals surface area (Å²) in [5, 5.41) is 12.3. The summed E-state index contributed by atoms with van der Waals surface area (Å²) in [6, 6.07) is 5.17. The van der Waals surface area contributed by atoms with Crippen molar-refractivity contribution < 1.29 is 23.0 Å². The number of rotatable bonds is 7. The van der Waals surface area contributed by atoms with Crippen LogP contribution in [-0.2, 0) is 0 Å². The van der Waals surface area contributed by atoms with E-state index >= 15 is 0 Å². The van der Waals surface area contributed by atoms with E-state index in [2.05, 4.69) is 15.0 Å². The normalized spacial score (nSPS) is 12.5. The first-order chi connectivity index (χ1) is 10.7. The molecular weight excluding hydrogens is 438 g/mol. The van der Waals surface area contributed by atoms with Gasteiger partial charge >= 0.3 is 6.36 Å². The molecule has 0 fully saturated rings. The molecule has 0 radical (unpaired) electrons. The first-order valence-electron chi connectivity index (χ1n) is 7.27. The first kappa shape index (κ1) is 22.8. The van der Waals surface area contributed by atoms with Crippen molar-refractivity contribution in [2.24, 2.45) is 16.1 Å². The highest BCUT2D eigenvalue weighted by atomic mass is 127. The van der Waals surface area contributed by atoms with Crippen LogP contribution in [0.2, 0.25) is 0 Å². The van der Waals surface area contributed by atoms with Crippen molar-refractivity contribution in [2.45, 2.75) is 33.1 Å². The van der Waals surface area contributed by atoms with E-state index in [4.69, 9.17) is 5.73 Å². The lowest BCUT2D eigenvalue weighted by Gasteiger charge is -2.27. The summed E-state index contributed by atoms with van der Waals surface area (Å²) in [5.74, 6) is -0.177. The van der Waals surface area contributed by atoms with E-state index in [1.54, 1.807) is 0 Å². The number of hydrogen-bond donors (Lipinski definition) is 3. The molecule has 138 valence electrons. The number of hydrogen-bond acceptors (Lipinski definition) is 3. The van der Waals surface area contributed by atoms with Crippen LogP contribution < -0.4 is 15.8 Å². The number of halogens is 4. The molecule has 1 rings (SSSR count). The van der Waals surface area contributed by atoms with E-state index in [1.807, 2.05) is 13.8 Å². The molecule has 0 atom stereocenters. The number of nitrogens with two attached hydrogens (primary N) is 1. The Morgan fingerprint density at radius 1 is 1.21 bits per heavy atom. The number of guanidine groups is 1. The van der Waals surface area contributed by atoms with Gasteiger partial charge in [-0.1, -0.05) is 13.8 Å². The number of aliphatic hydroxyl groups is 1. The van der Waals surface area contributed by atoms with Gasteiger partial charge in [-0.2, -0.15) is 0 Å². The molecule has 0 aromatic heterocycles. The SMILES string of the molecule is CCC(CC)(CO)CN=C(N)Nc1ccc(OC(F)(F)F)cc1.I. The molecule has 0 aliphatic carbocycles. The van der Waals surface area contributed by atoms with Crippen molar-refractivity contribution in [1.82, 2.24) is 0 Å². The van der Waals surface area contributed by atoms with Gasteiger partial charge in [0.15, 0.2) is 5.96 Å². The Labute approximate surface area is 156 Å². The fourth-order valence-corrected chi connectivity index (χ4v) is 1.93. The predicted octanol–water partition coefficient (Wildman–Crippen LogP) is 3.73. The molecule has 5 nitrogen and oxygen atoms in total. The van der Waals surface area contributed by atoms with Crippen molar-refractivity contribution >= 4 is 35.6 Å². The van der Waals surface area contributed by atoms with Crippen LogP contribution in [0.4, 0.5) is 18.9 Å². The molecule has 1 aromatic carbocycles. The number of benzene rings is 1. The third-order valence-corrected chi connectivity index (χ3v) is 3.78. The molecule has 0 spiro atoms. The summed E-state index contributed by atoms with van der Waals surface area (Å²) in [6.45, 7) is 4.32. The molecule has 1 aromatic rings. The van der Waals surface area contributed by atoms with Crippen LogP contribution in [-0.4, -0.2) is 30.6 Å². The van der Waals surface area contributed by atoms with Gasteiger partial charge in [0.05, 0.1) is 13.2 Å². The quantitative estimate of drug-likeness (QED) is 0.329. The van der Waals surface area contributed by atoms with Crippen LogP contribution in [0.3, 0.4) is 0 Å². The van der Waals surface area contributed by atoms with Gasteiger partial charge in [-0.15, -0.1) is 37.1 Å². The van der Waals surface area contributed by atoms with Gasteiger partial charge in [0.1, 0.15) is 5.75 Å². The van der Waals surface area contributed by atoms with E-state index in [9.17, 15) is 18.3 Å². The Balaban J connectivity index is 0.00000529. The molecule has 0 saturated heterocycles. The second-order valence-corrected chi connectivity index (χ2v) is 5.26. The molecule has 9 heteroatoms. The van der Waals surface area contributed by atoms with Crippen molar-refractivity contribution in [3.63, 3.8) is 0 Å². The lowest BCUT2D eigenvalue weighted by Crippen LogP contribution is -2.30. The number of anilines is 1. The lowest BCUT2D eigenvalue weighted by atomic mass is 9.83. The van der Waals surface area contributed by atoms with Crippen LogP contribution in [0.15, 0.2) is 29.3 Å². The zero-order valence-corrected chi connectivity index (χ0v) is 15.9. The van der Waals surface area contributed by atoms with Crippen LogP contribution in [0, 0.1) is 5.41 Å². The molecule has 0 unspecified atom stereocenters. The third kappa shape index (κ3) is 7.56. The fourth-order valence-electron chi connectivity index (χ4n) is 1.93. The molecule has 0 saturated carbocycles. The zero-order chi connectivity index (χ0) is 17.5. The van der Waals surface area contributed by atoms with Gasteiger partial charge in [-0.25, -0.2) is 0 Å². The molecule has 0 aliphatic rings. The minimum absolute atomic E-state index is 0. The summed E-state index contributed by atoms with van der Waals surface area (Å²) >= 11 is 0. The van der Waals surface area contributed by atoms with Gasteiger partial charge in [-0.05, 0) is 37.1 Å². The minimum atomic E-state index is -4.72. The molecular formula is C15H23F3IN3O2. The maximum atomic E-state index is 12.1. The fraction of sp³-hybridized carbons (Fsp3) is 0.533. The van der Waals surface area contributed by atoms with Crippen molar-refractivity contribution in [1.29, 1.82) is 0 Å². The molecule has 0 heterocycles. The van der Waals surface area contributed by atoms with Crippen LogP contribution in [0.25, 0.3) is 0 Å². The van der Waals surface area contributed by atoms with Crippen LogP contribution >= 0.6 is 24.0 Å². The molecule has 4 N–H and O–H groups in total. The molecule has 0 bridgehead atoms. The monoisotopic (exact) mass is 461 g/mol. The zero-order valence-electron chi connectivity index (χ0n) is 13.6. The third-order valence-electron chi connectivity index (χ3n) is 3.78. The first-order valence-corrected chi connectivity index (χ1v) is 7.27. The van der Waals surface area contributed by atoms with E-state index in [1.165, 1.54) is 24.3 Å². The number of alkyl halides is 3. The maximum absolute atomic E-state index is 12.1. The smallest absolute Gasteiger partial charge is 0.406 e. The van der Waals surface area contributed by atoms with E-state index in [0.717, 1.165) is 12.8 Å². The van der Waals surface area contributed by atoms with Crippen LogP contribution in [0.1, 0.15) is 26.7 Å². The number of nitrogens with zero attached hydrogens (tertiary/aromatic N) is 1. The predicted molar refractivity (Wildman–Crippen MR) is 98.8 cm³/mol. The lowest BCUT2D eigenvalue weighted by molar-refractivity contribution is -0.274. The largest absolute Gasteiger partial charge is 0.573 e. The van der Waals surface area contributed by atoms with E-state index in [-0.39, 0.29) is 47.7 Å². The Morgan fingerprint density at radius 3 is 2.17 bits per heavy atom. The van der Waals surface area contributed by atoms with Crippen molar-refractivity contribution in [3.8, 4) is 5.75 Å². The van der Waals surface area contributed by atoms with Crippen molar-refractivity contribution in [3.05, 3.63) is 24.3 Å². The van der Waals surface area contributed by atoms with E-state index in [0.29, 0.717) is 12.2 Å². The van der Waals surface area contributed by atoms with Gasteiger partial charge in [0.25, 0.3) is 0 Å². The second kappa shape index (κ2) is 9.92. The minimum Gasteiger partial charge on any atom is -0.406 e. The van der Waals surface area contributed by atoms with E-state index < -0.39 is 6.36 Å². The van der Waals surface area contributed by atoms with Gasteiger partial charge in [0.2, 0.25) is 0 Å². The number of aliphatic imine (C=N–C) groups is 1. The van der Waals surface area contributed by atoms with Gasteiger partial charge in [-0.3, -0.25) is 4.99 Å². The highest BCUT2D eigenvalue weighted by Crippen LogP contribution is 2.26. The number of ether oxygens (including phenoxy) is 1. The van der Waals surface area contributed by atoms with Gasteiger partial charge < -0.3 is 20.9 Å². The molecule has 24 heavy (non-hydrogen) atoms. The Morgan fingerprint density at radius 2 is 1.75 bits per heavy atom. The second-order valence-electron chi connectivity index (χ2n) is 5.26. The van der Waals surface area contributed by atoms with Crippen molar-refractivity contribution in [2.75, 3.05) is 18.5 Å². The molecule has 0 aliphatic heterocycles. The standard InChI is InChI=1S/C15H22F3N3O2.HI/c1-3-14(4-2,10-22)9-20-13(19)21-11-5-7-12(8-6-11)23-15(16,17)18;/h5-8,22H,3-4,9-10H2,1-2H3,(H3,19,20,21);1H. The number of aliphatic hydroxyl groups excluding tert-OH is 1. The topological polar surface area (TPSA) is 79.9 Å². The Bertz CT molecular complexity index is 509. The summed E-state index contributed by atoms with van der Waals surface area (Å²) in [6.07, 6.45) is -3.19. The summed E-state index contributed by atoms with van der Waals surface area (Å²) in [7, 11) is 0. The Hall–Kier alpha value is -1.23. The average molecular weight is 461 g/mol. The average Bonchev–Trinajstić information content (AvgIpc) is 2.50.